The summed E-state index contributed by atoms with van der Waals surface area (Å²) in [4.78, 5) is 11.5. The van der Waals surface area contributed by atoms with Crippen LogP contribution in [0.15, 0.2) is 18.2 Å². The van der Waals surface area contributed by atoms with Crippen molar-refractivity contribution >= 4 is 15.4 Å². The van der Waals surface area contributed by atoms with Crippen LogP contribution in [0.1, 0.15) is 19.4 Å². The Morgan fingerprint density at radius 1 is 1.50 bits per heavy atom. The molecule has 1 unspecified atom stereocenters. The molecule has 5 nitrogen and oxygen atoms in total. The first kappa shape index (κ1) is 14.7. The molecular formula is C12H18NO4P. The van der Waals surface area contributed by atoms with E-state index in [1.165, 1.54) is 6.07 Å². The molecule has 3 N–H and O–H groups in total. The van der Waals surface area contributed by atoms with Crippen molar-refractivity contribution in [2.45, 2.75) is 32.4 Å². The van der Waals surface area contributed by atoms with Gasteiger partial charge in [-0.05, 0) is 38.0 Å². The minimum absolute atomic E-state index is 0.00641. The van der Waals surface area contributed by atoms with Gasteiger partial charge in [0.15, 0.2) is 11.5 Å². The molecule has 0 saturated carbocycles. The molecule has 2 atom stereocenters. The second-order valence-corrected chi connectivity index (χ2v) is 4.45. The lowest BCUT2D eigenvalue weighted by Crippen LogP contribution is -2.35. The van der Waals surface area contributed by atoms with Crippen molar-refractivity contribution in [1.82, 2.24) is 0 Å². The van der Waals surface area contributed by atoms with Crippen molar-refractivity contribution in [3.05, 3.63) is 23.8 Å². The molecule has 0 saturated heterocycles. The molecule has 0 radical (unpaired) electrons. The maximum Gasteiger partial charge on any atom is 0.323 e. The highest BCUT2D eigenvalue weighted by molar-refractivity contribution is 7.10. The van der Waals surface area contributed by atoms with Crippen molar-refractivity contribution < 1.29 is 19.2 Å². The summed E-state index contributed by atoms with van der Waals surface area (Å²) in [6.07, 6.45) is 0.112. The predicted molar refractivity (Wildman–Crippen MR) is 71.4 cm³/mol. The Hall–Kier alpha value is -1.32. The molecule has 0 heterocycles. The van der Waals surface area contributed by atoms with Gasteiger partial charge in [-0.2, -0.15) is 0 Å². The van der Waals surface area contributed by atoms with Crippen LogP contribution < -0.4 is 10.3 Å². The molecule has 0 aromatic heterocycles. The lowest BCUT2D eigenvalue weighted by atomic mass is 10.1. The molecule has 1 aromatic rings. The summed E-state index contributed by atoms with van der Waals surface area (Å²) in [6.45, 7) is 3.53. The van der Waals surface area contributed by atoms with Crippen LogP contribution in [-0.2, 0) is 16.0 Å². The minimum Gasteiger partial charge on any atom is -0.504 e. The number of hydrogen-bond donors (Lipinski definition) is 2. The van der Waals surface area contributed by atoms with E-state index in [0.29, 0.717) is 12.2 Å². The van der Waals surface area contributed by atoms with Gasteiger partial charge in [-0.15, -0.1) is 0 Å². The summed E-state index contributed by atoms with van der Waals surface area (Å²) in [5, 5.41) is 9.59. The van der Waals surface area contributed by atoms with Gasteiger partial charge in [0, 0.05) is 0 Å². The highest BCUT2D eigenvalue weighted by Crippen LogP contribution is 2.28. The fourth-order valence-corrected chi connectivity index (χ4v) is 1.65. The number of benzene rings is 1. The van der Waals surface area contributed by atoms with Gasteiger partial charge in [0.2, 0.25) is 0 Å². The number of nitrogens with two attached hydrogens (primary N) is 1. The van der Waals surface area contributed by atoms with Crippen molar-refractivity contribution in [3.8, 4) is 11.5 Å². The second kappa shape index (κ2) is 6.57. The Morgan fingerprint density at radius 2 is 2.17 bits per heavy atom. The van der Waals surface area contributed by atoms with E-state index in [1.807, 2.05) is 0 Å². The Morgan fingerprint density at radius 3 is 2.67 bits per heavy atom. The normalized spacial score (nSPS) is 12.3. The second-order valence-electron chi connectivity index (χ2n) is 4.22. The Bertz CT molecular complexity index is 423. The number of hydrogen-bond acceptors (Lipinski definition) is 5. The van der Waals surface area contributed by atoms with Gasteiger partial charge in [0.1, 0.15) is 6.04 Å². The Labute approximate surface area is 109 Å². The van der Waals surface area contributed by atoms with Gasteiger partial charge in [-0.3, -0.25) is 4.79 Å². The van der Waals surface area contributed by atoms with Gasteiger partial charge in [-0.25, -0.2) is 0 Å². The van der Waals surface area contributed by atoms with Crippen LogP contribution in [0.5, 0.6) is 11.5 Å². The standard InChI is InChI=1S/C12H18NO4P/c1-7(2)16-12(15)9(13)5-8-3-4-11(17-18)10(14)6-8/h3-4,6-7,9,14H,5,13,18H2,1-2H3/t9-/m0/s1. The van der Waals surface area contributed by atoms with Gasteiger partial charge in [0.25, 0.3) is 0 Å². The molecule has 0 fully saturated rings. The highest BCUT2D eigenvalue weighted by Gasteiger charge is 2.17. The van der Waals surface area contributed by atoms with Crippen LogP contribution in [0, 0.1) is 0 Å². The van der Waals surface area contributed by atoms with Crippen LogP contribution in [0.3, 0.4) is 0 Å². The summed E-state index contributed by atoms with van der Waals surface area (Å²) in [5.41, 5.74) is 6.47. The van der Waals surface area contributed by atoms with E-state index < -0.39 is 12.0 Å². The zero-order chi connectivity index (χ0) is 13.7. The van der Waals surface area contributed by atoms with E-state index in [1.54, 1.807) is 26.0 Å². The zero-order valence-electron chi connectivity index (χ0n) is 10.4. The van der Waals surface area contributed by atoms with E-state index in [9.17, 15) is 9.90 Å². The smallest absolute Gasteiger partial charge is 0.323 e. The average Bonchev–Trinajstić information content (AvgIpc) is 2.28. The summed E-state index contributed by atoms with van der Waals surface area (Å²) >= 11 is 0. The maximum atomic E-state index is 11.5. The van der Waals surface area contributed by atoms with Gasteiger partial charge < -0.3 is 20.1 Å². The van der Waals surface area contributed by atoms with Crippen molar-refractivity contribution in [2.75, 3.05) is 0 Å². The number of phenols is 1. The van der Waals surface area contributed by atoms with Crippen LogP contribution in [-0.4, -0.2) is 23.2 Å². The predicted octanol–water partition coefficient (Wildman–Crippen LogP) is 1.38. The lowest BCUT2D eigenvalue weighted by molar-refractivity contribution is -0.148. The summed E-state index contributed by atoms with van der Waals surface area (Å²) < 4.78 is 9.85. The molecule has 1 aromatic carbocycles. The van der Waals surface area contributed by atoms with Crippen LogP contribution in [0.25, 0.3) is 0 Å². The molecular weight excluding hydrogens is 253 g/mol. The molecule has 18 heavy (non-hydrogen) atoms. The number of aromatic hydroxyl groups is 1. The van der Waals surface area contributed by atoms with E-state index in [0.717, 1.165) is 5.56 Å². The highest BCUT2D eigenvalue weighted by atomic mass is 31.0. The zero-order valence-corrected chi connectivity index (χ0v) is 11.6. The molecule has 0 aliphatic carbocycles. The molecule has 0 amide bonds. The van der Waals surface area contributed by atoms with Gasteiger partial charge >= 0.3 is 5.97 Å². The monoisotopic (exact) mass is 271 g/mol. The first-order valence-corrected chi connectivity index (χ1v) is 6.06. The van der Waals surface area contributed by atoms with Crippen molar-refractivity contribution in [1.29, 1.82) is 0 Å². The Kier molecular flexibility index (Phi) is 5.38. The number of phenolic OH excluding ortho intramolecular Hbond substituents is 1. The van der Waals surface area contributed by atoms with E-state index >= 15 is 0 Å². The third kappa shape index (κ3) is 4.17. The topological polar surface area (TPSA) is 81.8 Å². The van der Waals surface area contributed by atoms with Crippen molar-refractivity contribution in [3.63, 3.8) is 0 Å². The average molecular weight is 271 g/mol. The first-order chi connectivity index (χ1) is 8.43. The van der Waals surface area contributed by atoms with Gasteiger partial charge in [0.05, 0.1) is 15.6 Å². The summed E-state index contributed by atoms with van der Waals surface area (Å²) in [6, 6.07) is 4.12. The number of esters is 1. The lowest BCUT2D eigenvalue weighted by Gasteiger charge is -2.14. The SMILES string of the molecule is CC(C)OC(=O)[C@@H](N)Cc1ccc(OP)c(O)c1. The first-order valence-electron chi connectivity index (χ1n) is 5.58. The number of ether oxygens (including phenoxy) is 1. The van der Waals surface area contributed by atoms with Crippen LogP contribution >= 0.6 is 9.47 Å². The molecule has 1 rings (SSSR count). The number of carbonyl (C=O) groups excluding carboxylic acids is 1. The third-order valence-electron chi connectivity index (χ3n) is 2.26. The van der Waals surface area contributed by atoms with Gasteiger partial charge in [-0.1, -0.05) is 6.07 Å². The molecule has 100 valence electrons. The van der Waals surface area contributed by atoms with Crippen LogP contribution in [0.4, 0.5) is 0 Å². The minimum atomic E-state index is -0.741. The Balaban J connectivity index is 2.67. The molecule has 0 aliphatic rings. The summed E-state index contributed by atoms with van der Waals surface area (Å²) in [5.74, 6) is -0.0927. The fraction of sp³-hybridized carbons (Fsp3) is 0.417. The quantitative estimate of drug-likeness (QED) is 0.624. The third-order valence-corrected chi connectivity index (χ3v) is 2.51. The van der Waals surface area contributed by atoms with E-state index in [-0.39, 0.29) is 11.9 Å². The number of rotatable bonds is 5. The van der Waals surface area contributed by atoms with Crippen molar-refractivity contribution in [2.24, 2.45) is 5.73 Å². The molecule has 6 heteroatoms. The molecule has 0 spiro atoms. The maximum absolute atomic E-state index is 11.5. The largest absolute Gasteiger partial charge is 0.504 e. The molecule has 0 aliphatic heterocycles. The van der Waals surface area contributed by atoms with E-state index in [2.05, 4.69) is 9.47 Å². The summed E-state index contributed by atoms with van der Waals surface area (Å²) in [7, 11) is 2.05. The van der Waals surface area contributed by atoms with E-state index in [4.69, 9.17) is 15.0 Å². The fourth-order valence-electron chi connectivity index (χ4n) is 1.45. The number of carbonyl (C=O) groups is 1. The van der Waals surface area contributed by atoms with Crippen LogP contribution in [0.2, 0.25) is 0 Å². The molecule has 0 bridgehead atoms.